The molecule has 2 heterocycles. The molecule has 0 radical (unpaired) electrons. The standard InChI is InChI=1S/C24H23ClF2N4O3/c1-28-10-21(32)30-8-7-19-15(11-30)3-2-4-16(19)12-31-14-29-23(22(25)24(31)33)34-13-17-5-6-18(26)9-20(17)27/h2-6,9,14,28H,7-8,10-13H2,1H3. The van der Waals surface area contributed by atoms with Crippen LogP contribution in [0.15, 0.2) is 47.5 Å². The molecule has 10 heteroatoms. The van der Waals surface area contributed by atoms with Crippen LogP contribution in [0.3, 0.4) is 0 Å². The molecule has 1 amide bonds. The summed E-state index contributed by atoms with van der Waals surface area (Å²) in [6.45, 7) is 1.41. The summed E-state index contributed by atoms with van der Waals surface area (Å²) in [7, 11) is 1.74. The second-order valence-electron chi connectivity index (χ2n) is 7.97. The van der Waals surface area contributed by atoms with Gasteiger partial charge in [-0.1, -0.05) is 29.8 Å². The lowest BCUT2D eigenvalue weighted by Gasteiger charge is -2.30. The average molecular weight is 489 g/mol. The number of nitrogens with zero attached hydrogens (tertiary/aromatic N) is 3. The fourth-order valence-electron chi connectivity index (χ4n) is 3.94. The lowest BCUT2D eigenvalue weighted by Crippen LogP contribution is -2.40. The molecular formula is C24H23ClF2N4O3. The van der Waals surface area contributed by atoms with Gasteiger partial charge >= 0.3 is 0 Å². The number of fused-ring (bicyclic) bond motifs is 1. The largest absolute Gasteiger partial charge is 0.471 e. The maximum atomic E-state index is 13.8. The summed E-state index contributed by atoms with van der Waals surface area (Å²) >= 11 is 6.20. The third kappa shape index (κ3) is 5.10. The Balaban J connectivity index is 1.50. The molecule has 0 fully saturated rings. The molecular weight excluding hydrogens is 466 g/mol. The summed E-state index contributed by atoms with van der Waals surface area (Å²) in [5.41, 5.74) is 2.71. The van der Waals surface area contributed by atoms with Gasteiger partial charge in [-0.25, -0.2) is 13.8 Å². The zero-order chi connectivity index (χ0) is 24.2. The van der Waals surface area contributed by atoms with Crippen LogP contribution >= 0.6 is 11.6 Å². The van der Waals surface area contributed by atoms with Gasteiger partial charge in [0.2, 0.25) is 11.8 Å². The molecule has 34 heavy (non-hydrogen) atoms. The monoisotopic (exact) mass is 488 g/mol. The number of nitrogens with one attached hydrogen (secondary N) is 1. The topological polar surface area (TPSA) is 76.5 Å². The molecule has 2 aromatic carbocycles. The number of hydrogen-bond donors (Lipinski definition) is 1. The van der Waals surface area contributed by atoms with Gasteiger partial charge in [0.1, 0.15) is 24.6 Å². The van der Waals surface area contributed by atoms with Crippen molar-refractivity contribution in [1.29, 1.82) is 0 Å². The molecule has 1 aliphatic rings. The zero-order valence-corrected chi connectivity index (χ0v) is 19.2. The summed E-state index contributed by atoms with van der Waals surface area (Å²) in [6.07, 6.45) is 2.01. The van der Waals surface area contributed by atoms with Crippen LogP contribution in [0.4, 0.5) is 8.78 Å². The summed E-state index contributed by atoms with van der Waals surface area (Å²) in [6, 6.07) is 8.94. The molecule has 0 aliphatic carbocycles. The highest BCUT2D eigenvalue weighted by molar-refractivity contribution is 6.31. The second kappa shape index (κ2) is 10.3. The molecule has 0 atom stereocenters. The van der Waals surface area contributed by atoms with E-state index in [-0.39, 0.29) is 42.1 Å². The minimum Gasteiger partial charge on any atom is -0.471 e. The van der Waals surface area contributed by atoms with Crippen LogP contribution in [-0.2, 0) is 30.9 Å². The zero-order valence-electron chi connectivity index (χ0n) is 18.5. The van der Waals surface area contributed by atoms with E-state index in [1.807, 2.05) is 23.1 Å². The minimum atomic E-state index is -0.760. The molecule has 0 bridgehead atoms. The Hall–Kier alpha value is -3.30. The van der Waals surface area contributed by atoms with Gasteiger partial charge in [-0.15, -0.1) is 0 Å². The average Bonchev–Trinajstić information content (AvgIpc) is 2.82. The van der Waals surface area contributed by atoms with Crippen molar-refractivity contribution in [1.82, 2.24) is 19.8 Å². The van der Waals surface area contributed by atoms with E-state index in [0.29, 0.717) is 19.5 Å². The van der Waals surface area contributed by atoms with E-state index >= 15 is 0 Å². The van der Waals surface area contributed by atoms with Gasteiger partial charge in [-0.05, 0) is 42.3 Å². The van der Waals surface area contributed by atoms with Crippen LogP contribution in [0.2, 0.25) is 5.02 Å². The summed E-state index contributed by atoms with van der Waals surface area (Å²) in [5, 5.41) is 2.66. The van der Waals surface area contributed by atoms with E-state index in [9.17, 15) is 18.4 Å². The van der Waals surface area contributed by atoms with Gasteiger partial charge in [-0.3, -0.25) is 14.2 Å². The van der Waals surface area contributed by atoms with E-state index in [1.54, 1.807) is 7.05 Å². The number of carbonyl (C=O) groups excluding carboxylic acids is 1. The third-order valence-electron chi connectivity index (χ3n) is 5.71. The van der Waals surface area contributed by atoms with Crippen LogP contribution in [-0.4, -0.2) is 40.5 Å². The predicted octanol–water partition coefficient (Wildman–Crippen LogP) is 2.91. The Kier molecular flexibility index (Phi) is 7.23. The number of amides is 1. The maximum absolute atomic E-state index is 13.8. The third-order valence-corrected chi connectivity index (χ3v) is 6.04. The molecule has 1 aliphatic heterocycles. The molecule has 1 aromatic heterocycles. The normalized spacial score (nSPS) is 13.0. The summed E-state index contributed by atoms with van der Waals surface area (Å²) in [4.78, 5) is 31.0. The first kappa shape index (κ1) is 23.8. The van der Waals surface area contributed by atoms with Crippen molar-refractivity contribution in [2.24, 2.45) is 0 Å². The number of carbonyl (C=O) groups is 1. The molecule has 3 aromatic rings. The van der Waals surface area contributed by atoms with Crippen molar-refractivity contribution in [3.8, 4) is 5.88 Å². The Labute approximate surface area is 199 Å². The second-order valence-corrected chi connectivity index (χ2v) is 8.35. The van der Waals surface area contributed by atoms with Crippen LogP contribution < -0.4 is 15.6 Å². The Morgan fingerprint density at radius 1 is 1.24 bits per heavy atom. The molecule has 178 valence electrons. The van der Waals surface area contributed by atoms with Gasteiger partial charge in [0.15, 0.2) is 5.02 Å². The van der Waals surface area contributed by atoms with Crippen molar-refractivity contribution >= 4 is 17.5 Å². The van der Waals surface area contributed by atoms with Gasteiger partial charge < -0.3 is 15.0 Å². The van der Waals surface area contributed by atoms with E-state index in [2.05, 4.69) is 10.3 Å². The van der Waals surface area contributed by atoms with E-state index < -0.39 is 17.2 Å². The van der Waals surface area contributed by atoms with Crippen molar-refractivity contribution in [3.05, 3.63) is 92.0 Å². The van der Waals surface area contributed by atoms with Gasteiger partial charge in [0, 0.05) is 24.7 Å². The van der Waals surface area contributed by atoms with Crippen LogP contribution in [0.5, 0.6) is 5.88 Å². The van der Waals surface area contributed by atoms with Crippen molar-refractivity contribution in [2.45, 2.75) is 26.1 Å². The van der Waals surface area contributed by atoms with Crippen molar-refractivity contribution in [2.75, 3.05) is 20.1 Å². The smallest absolute Gasteiger partial charge is 0.276 e. The summed E-state index contributed by atoms with van der Waals surface area (Å²) in [5.74, 6) is -1.53. The molecule has 1 N–H and O–H groups in total. The number of likely N-dealkylation sites (N-methyl/N-ethyl adjacent to an activating group) is 1. The number of halogens is 3. The minimum absolute atomic E-state index is 0.0434. The Bertz CT molecular complexity index is 1280. The molecule has 0 saturated carbocycles. The molecule has 0 unspecified atom stereocenters. The van der Waals surface area contributed by atoms with Crippen LogP contribution in [0, 0.1) is 11.6 Å². The highest BCUT2D eigenvalue weighted by Crippen LogP contribution is 2.24. The first-order valence-electron chi connectivity index (χ1n) is 10.7. The quantitative estimate of drug-likeness (QED) is 0.553. The number of benzene rings is 2. The number of hydrogen-bond acceptors (Lipinski definition) is 5. The van der Waals surface area contributed by atoms with Crippen molar-refractivity contribution < 1.29 is 18.3 Å². The summed E-state index contributed by atoms with van der Waals surface area (Å²) < 4.78 is 33.7. The number of ether oxygens (including phenoxy) is 1. The van der Waals surface area contributed by atoms with E-state index in [1.165, 1.54) is 17.0 Å². The lowest BCUT2D eigenvalue weighted by molar-refractivity contribution is -0.131. The fraction of sp³-hybridized carbons (Fsp3) is 0.292. The lowest BCUT2D eigenvalue weighted by atomic mass is 9.94. The molecule has 7 nitrogen and oxygen atoms in total. The SMILES string of the molecule is CNCC(=O)N1CCc2c(cccc2Cn2cnc(OCc3ccc(F)cc3F)c(Cl)c2=O)C1. The van der Waals surface area contributed by atoms with E-state index in [4.69, 9.17) is 16.3 Å². The highest BCUT2D eigenvalue weighted by Gasteiger charge is 2.22. The number of aromatic nitrogens is 2. The predicted molar refractivity (Wildman–Crippen MR) is 123 cm³/mol. The highest BCUT2D eigenvalue weighted by atomic mass is 35.5. The molecule has 4 rings (SSSR count). The Morgan fingerprint density at radius 2 is 2.06 bits per heavy atom. The van der Waals surface area contributed by atoms with Gasteiger partial charge in [0.05, 0.1) is 13.1 Å². The first-order chi connectivity index (χ1) is 16.4. The van der Waals surface area contributed by atoms with Crippen LogP contribution in [0.1, 0.15) is 22.3 Å². The number of rotatable bonds is 7. The van der Waals surface area contributed by atoms with Crippen LogP contribution in [0.25, 0.3) is 0 Å². The molecule has 0 spiro atoms. The molecule has 0 saturated heterocycles. The fourth-order valence-corrected chi connectivity index (χ4v) is 4.15. The van der Waals surface area contributed by atoms with E-state index in [0.717, 1.165) is 28.8 Å². The van der Waals surface area contributed by atoms with Gasteiger partial charge in [-0.2, -0.15) is 0 Å². The maximum Gasteiger partial charge on any atom is 0.276 e. The van der Waals surface area contributed by atoms with Gasteiger partial charge in [0.25, 0.3) is 5.56 Å². The first-order valence-corrected chi connectivity index (χ1v) is 11.1. The van der Waals surface area contributed by atoms with Crippen molar-refractivity contribution in [3.63, 3.8) is 0 Å². The Morgan fingerprint density at radius 3 is 2.82 bits per heavy atom.